The molecule has 1 aliphatic rings. The molecule has 0 bridgehead atoms. The van der Waals surface area contributed by atoms with E-state index in [0.717, 1.165) is 32.4 Å². The fourth-order valence-corrected chi connectivity index (χ4v) is 2.36. The molecule has 3 unspecified atom stereocenters. The number of carbonyl (C=O) groups is 1. The van der Waals surface area contributed by atoms with Crippen LogP contribution in [-0.2, 0) is 4.79 Å². The highest BCUT2D eigenvalue weighted by molar-refractivity contribution is 5.76. The number of rotatable bonds is 6. The number of hydrogen-bond donors (Lipinski definition) is 2. The second kappa shape index (κ2) is 6.97. The zero-order chi connectivity index (χ0) is 12.8. The van der Waals surface area contributed by atoms with Gasteiger partial charge >= 0.3 is 0 Å². The van der Waals surface area contributed by atoms with Crippen molar-refractivity contribution >= 4 is 5.91 Å². The zero-order valence-corrected chi connectivity index (χ0v) is 11.1. The molecule has 0 saturated carbocycles. The van der Waals surface area contributed by atoms with Gasteiger partial charge in [0.1, 0.15) is 0 Å². The van der Waals surface area contributed by atoms with Gasteiger partial charge in [0, 0.05) is 25.4 Å². The quantitative estimate of drug-likeness (QED) is 0.729. The van der Waals surface area contributed by atoms with Crippen molar-refractivity contribution in [1.82, 2.24) is 4.90 Å². The third-order valence-electron chi connectivity index (χ3n) is 3.77. The second-order valence-corrected chi connectivity index (χ2v) is 5.35. The zero-order valence-electron chi connectivity index (χ0n) is 11.1. The summed E-state index contributed by atoms with van der Waals surface area (Å²) < 4.78 is 0. The second-order valence-electron chi connectivity index (χ2n) is 5.35. The Balaban J connectivity index is 2.25. The Hall–Kier alpha value is -0.610. The maximum atomic E-state index is 11.9. The first kappa shape index (κ1) is 14.5. The molecule has 1 aliphatic heterocycles. The highest BCUT2D eigenvalue weighted by atomic mass is 16.3. The van der Waals surface area contributed by atoms with Crippen molar-refractivity contribution in [1.29, 1.82) is 0 Å². The molecule has 1 fully saturated rings. The monoisotopic (exact) mass is 242 g/mol. The molecular weight excluding hydrogens is 216 g/mol. The molecule has 4 heteroatoms. The van der Waals surface area contributed by atoms with Crippen LogP contribution in [0.2, 0.25) is 0 Å². The van der Waals surface area contributed by atoms with Crippen LogP contribution in [0.3, 0.4) is 0 Å². The van der Waals surface area contributed by atoms with E-state index in [1.807, 2.05) is 11.8 Å². The largest absolute Gasteiger partial charge is 0.393 e. The summed E-state index contributed by atoms with van der Waals surface area (Å²) >= 11 is 0. The van der Waals surface area contributed by atoms with E-state index in [9.17, 15) is 9.90 Å². The topological polar surface area (TPSA) is 66.6 Å². The van der Waals surface area contributed by atoms with Crippen molar-refractivity contribution < 1.29 is 9.90 Å². The summed E-state index contributed by atoms with van der Waals surface area (Å²) in [6.07, 6.45) is 3.16. The van der Waals surface area contributed by atoms with Gasteiger partial charge in [-0.2, -0.15) is 0 Å². The van der Waals surface area contributed by atoms with Crippen molar-refractivity contribution in [3.63, 3.8) is 0 Å². The van der Waals surface area contributed by atoms with Crippen LogP contribution in [0, 0.1) is 11.8 Å². The summed E-state index contributed by atoms with van der Waals surface area (Å²) in [5, 5.41) is 9.49. The normalized spacial score (nSPS) is 23.8. The van der Waals surface area contributed by atoms with Crippen molar-refractivity contribution in [2.45, 2.75) is 45.6 Å². The SMILES string of the molecule is CC(CCN)CCC(=O)N1CCC(C(C)O)C1. The van der Waals surface area contributed by atoms with Gasteiger partial charge in [0.15, 0.2) is 0 Å². The highest BCUT2D eigenvalue weighted by Gasteiger charge is 2.28. The number of carbonyl (C=O) groups excluding carboxylic acids is 1. The molecule has 0 spiro atoms. The van der Waals surface area contributed by atoms with Gasteiger partial charge < -0.3 is 15.7 Å². The van der Waals surface area contributed by atoms with Crippen LogP contribution in [0.15, 0.2) is 0 Å². The molecule has 1 heterocycles. The highest BCUT2D eigenvalue weighted by Crippen LogP contribution is 2.21. The lowest BCUT2D eigenvalue weighted by molar-refractivity contribution is -0.130. The predicted molar refractivity (Wildman–Crippen MR) is 68.4 cm³/mol. The number of likely N-dealkylation sites (tertiary alicyclic amines) is 1. The molecule has 0 aromatic rings. The van der Waals surface area contributed by atoms with E-state index in [1.54, 1.807) is 0 Å². The van der Waals surface area contributed by atoms with Crippen LogP contribution < -0.4 is 5.73 Å². The molecule has 17 heavy (non-hydrogen) atoms. The molecule has 1 amide bonds. The van der Waals surface area contributed by atoms with Gasteiger partial charge in [0.05, 0.1) is 6.10 Å². The van der Waals surface area contributed by atoms with Crippen LogP contribution in [0.1, 0.15) is 39.5 Å². The van der Waals surface area contributed by atoms with Gasteiger partial charge in [-0.15, -0.1) is 0 Å². The van der Waals surface area contributed by atoms with Crippen LogP contribution in [0.25, 0.3) is 0 Å². The van der Waals surface area contributed by atoms with E-state index < -0.39 is 0 Å². The molecule has 0 aromatic carbocycles. The minimum absolute atomic E-state index is 0.233. The lowest BCUT2D eigenvalue weighted by Crippen LogP contribution is -2.30. The molecule has 0 radical (unpaired) electrons. The number of hydrogen-bond acceptors (Lipinski definition) is 3. The summed E-state index contributed by atoms with van der Waals surface area (Å²) in [5.74, 6) is 1.02. The van der Waals surface area contributed by atoms with Gasteiger partial charge in [-0.05, 0) is 38.6 Å². The van der Waals surface area contributed by atoms with Gasteiger partial charge in [-0.1, -0.05) is 6.92 Å². The summed E-state index contributed by atoms with van der Waals surface area (Å²) in [5.41, 5.74) is 5.49. The van der Waals surface area contributed by atoms with Crippen molar-refractivity contribution in [3.8, 4) is 0 Å². The van der Waals surface area contributed by atoms with Crippen molar-refractivity contribution in [3.05, 3.63) is 0 Å². The van der Waals surface area contributed by atoms with Gasteiger partial charge in [0.2, 0.25) is 5.91 Å². The van der Waals surface area contributed by atoms with E-state index in [1.165, 1.54) is 0 Å². The van der Waals surface area contributed by atoms with Crippen LogP contribution in [-0.4, -0.2) is 41.7 Å². The average molecular weight is 242 g/mol. The van der Waals surface area contributed by atoms with Gasteiger partial charge in [-0.3, -0.25) is 4.79 Å². The summed E-state index contributed by atoms with van der Waals surface area (Å²) in [6, 6.07) is 0. The summed E-state index contributed by atoms with van der Waals surface area (Å²) in [4.78, 5) is 13.8. The number of aliphatic hydroxyl groups excluding tert-OH is 1. The molecule has 4 nitrogen and oxygen atoms in total. The first-order chi connectivity index (χ1) is 8.04. The van der Waals surface area contributed by atoms with Gasteiger partial charge in [0.25, 0.3) is 0 Å². The minimum atomic E-state index is -0.302. The van der Waals surface area contributed by atoms with Crippen molar-refractivity contribution in [2.24, 2.45) is 17.6 Å². The number of aliphatic hydroxyl groups is 1. The van der Waals surface area contributed by atoms with Gasteiger partial charge in [-0.25, -0.2) is 0 Å². The van der Waals surface area contributed by atoms with Crippen LogP contribution in [0.4, 0.5) is 0 Å². The molecular formula is C13H26N2O2. The lowest BCUT2D eigenvalue weighted by atomic mass is 10.0. The lowest BCUT2D eigenvalue weighted by Gasteiger charge is -2.18. The minimum Gasteiger partial charge on any atom is -0.393 e. The first-order valence-electron chi connectivity index (χ1n) is 6.70. The van der Waals surface area contributed by atoms with Crippen molar-refractivity contribution in [2.75, 3.05) is 19.6 Å². The van der Waals surface area contributed by atoms with E-state index in [2.05, 4.69) is 6.92 Å². The molecule has 3 atom stereocenters. The van der Waals surface area contributed by atoms with E-state index in [0.29, 0.717) is 18.9 Å². The molecule has 0 aliphatic carbocycles. The maximum absolute atomic E-state index is 11.9. The van der Waals surface area contributed by atoms with Crippen LogP contribution >= 0.6 is 0 Å². The Labute approximate surface area is 104 Å². The Morgan fingerprint density at radius 3 is 2.71 bits per heavy atom. The molecule has 1 rings (SSSR count). The fourth-order valence-electron chi connectivity index (χ4n) is 2.36. The Kier molecular flexibility index (Phi) is 5.92. The Bertz CT molecular complexity index is 244. The smallest absolute Gasteiger partial charge is 0.222 e. The van der Waals surface area contributed by atoms with Crippen LogP contribution in [0.5, 0.6) is 0 Å². The molecule has 3 N–H and O–H groups in total. The van der Waals surface area contributed by atoms with E-state index in [4.69, 9.17) is 5.73 Å². The molecule has 0 aromatic heterocycles. The average Bonchev–Trinajstić information content (AvgIpc) is 2.75. The maximum Gasteiger partial charge on any atom is 0.222 e. The van der Waals surface area contributed by atoms with E-state index in [-0.39, 0.29) is 17.9 Å². The number of nitrogens with two attached hydrogens (primary N) is 1. The Morgan fingerprint density at radius 1 is 1.47 bits per heavy atom. The predicted octanol–water partition coefficient (Wildman–Crippen LogP) is 0.981. The molecule has 1 saturated heterocycles. The Morgan fingerprint density at radius 2 is 2.18 bits per heavy atom. The molecule has 100 valence electrons. The third-order valence-corrected chi connectivity index (χ3v) is 3.77. The first-order valence-corrected chi connectivity index (χ1v) is 6.70. The number of amides is 1. The fraction of sp³-hybridized carbons (Fsp3) is 0.923. The summed E-state index contributed by atoms with van der Waals surface area (Å²) in [7, 11) is 0. The number of nitrogens with zero attached hydrogens (tertiary/aromatic N) is 1. The standard InChI is InChI=1S/C13H26N2O2/c1-10(5-7-14)3-4-13(17)15-8-6-12(9-15)11(2)16/h10-12,16H,3-9,14H2,1-2H3. The third kappa shape index (κ3) is 4.64. The van der Waals surface area contributed by atoms with E-state index >= 15 is 0 Å². The summed E-state index contributed by atoms with van der Waals surface area (Å²) in [6.45, 7) is 6.18.